The van der Waals surface area contributed by atoms with Crippen LogP contribution in [-0.2, 0) is 4.74 Å². The first-order chi connectivity index (χ1) is 10.8. The average Bonchev–Trinajstić information content (AvgIpc) is 2.99. The molecular formula is C16H21N3O3. The molecule has 1 saturated heterocycles. The van der Waals surface area contributed by atoms with Crippen molar-refractivity contribution in [2.45, 2.75) is 25.4 Å². The number of carbonyl (C=O) groups excluding carboxylic acids is 1. The Kier molecular flexibility index (Phi) is 4.70. The zero-order valence-electron chi connectivity index (χ0n) is 12.5. The predicted octanol–water partition coefficient (Wildman–Crippen LogP) is 1.57. The van der Waals surface area contributed by atoms with Crippen LogP contribution in [0.25, 0.3) is 10.9 Å². The average molecular weight is 303 g/mol. The van der Waals surface area contributed by atoms with E-state index in [2.05, 4.69) is 10.2 Å². The summed E-state index contributed by atoms with van der Waals surface area (Å²) < 4.78 is 5.69. The van der Waals surface area contributed by atoms with E-state index in [-0.39, 0.29) is 18.6 Å². The zero-order chi connectivity index (χ0) is 15.4. The number of benzene rings is 1. The minimum Gasteiger partial charge on any atom is -0.396 e. The van der Waals surface area contributed by atoms with Gasteiger partial charge in [-0.3, -0.25) is 9.89 Å². The van der Waals surface area contributed by atoms with Gasteiger partial charge in [0.05, 0.1) is 11.6 Å². The number of aromatic amines is 1. The number of likely N-dealkylation sites (tertiary alicyclic amines) is 1. The van der Waals surface area contributed by atoms with Crippen LogP contribution in [0.1, 0.15) is 29.8 Å². The second-order valence-electron chi connectivity index (χ2n) is 5.56. The molecule has 3 rings (SSSR count). The third-order valence-corrected chi connectivity index (χ3v) is 4.06. The summed E-state index contributed by atoms with van der Waals surface area (Å²) in [5, 5.41) is 16.7. The number of hydrogen-bond donors (Lipinski definition) is 2. The molecule has 2 heterocycles. The van der Waals surface area contributed by atoms with Gasteiger partial charge < -0.3 is 14.7 Å². The largest absolute Gasteiger partial charge is 0.396 e. The van der Waals surface area contributed by atoms with Gasteiger partial charge in [-0.1, -0.05) is 18.2 Å². The molecule has 6 heteroatoms. The van der Waals surface area contributed by atoms with Gasteiger partial charge >= 0.3 is 0 Å². The molecule has 1 amide bonds. The lowest BCUT2D eigenvalue weighted by atomic mass is 10.1. The van der Waals surface area contributed by atoms with E-state index in [1.165, 1.54) is 0 Å². The van der Waals surface area contributed by atoms with Crippen LogP contribution in [0.3, 0.4) is 0 Å². The van der Waals surface area contributed by atoms with Crippen LogP contribution in [-0.4, -0.2) is 58.5 Å². The standard InChI is InChI=1S/C16H21N3O3/c20-10-3-11-22-12-6-8-19(9-7-12)16(21)15-13-4-1-2-5-14(13)17-18-15/h1-2,4-5,12,20H,3,6-11H2,(H,17,18). The van der Waals surface area contributed by atoms with Gasteiger partial charge in [0.2, 0.25) is 0 Å². The quantitative estimate of drug-likeness (QED) is 0.822. The van der Waals surface area contributed by atoms with Crippen molar-refractivity contribution in [3.05, 3.63) is 30.0 Å². The molecule has 1 fully saturated rings. The number of para-hydroxylation sites is 1. The minimum atomic E-state index is -0.0220. The van der Waals surface area contributed by atoms with E-state index >= 15 is 0 Å². The first-order valence-corrected chi connectivity index (χ1v) is 7.74. The monoisotopic (exact) mass is 303 g/mol. The third-order valence-electron chi connectivity index (χ3n) is 4.06. The van der Waals surface area contributed by atoms with E-state index in [1.807, 2.05) is 29.2 Å². The third kappa shape index (κ3) is 3.13. The number of nitrogens with one attached hydrogen (secondary N) is 1. The first-order valence-electron chi connectivity index (χ1n) is 7.74. The molecule has 0 aliphatic carbocycles. The van der Waals surface area contributed by atoms with Gasteiger partial charge in [-0.15, -0.1) is 0 Å². The summed E-state index contributed by atoms with van der Waals surface area (Å²) in [4.78, 5) is 14.5. The fourth-order valence-corrected chi connectivity index (χ4v) is 2.82. The van der Waals surface area contributed by atoms with Crippen LogP contribution >= 0.6 is 0 Å². The van der Waals surface area contributed by atoms with Gasteiger partial charge in [0.15, 0.2) is 5.69 Å². The molecule has 2 N–H and O–H groups in total. The Hall–Kier alpha value is -1.92. The number of nitrogens with zero attached hydrogens (tertiary/aromatic N) is 2. The van der Waals surface area contributed by atoms with Crippen LogP contribution in [0.15, 0.2) is 24.3 Å². The Morgan fingerprint density at radius 2 is 2.14 bits per heavy atom. The number of hydrogen-bond acceptors (Lipinski definition) is 4. The smallest absolute Gasteiger partial charge is 0.274 e. The predicted molar refractivity (Wildman–Crippen MR) is 82.7 cm³/mol. The summed E-state index contributed by atoms with van der Waals surface area (Å²) in [6.07, 6.45) is 2.52. The van der Waals surface area contributed by atoms with E-state index in [0.717, 1.165) is 23.7 Å². The summed E-state index contributed by atoms with van der Waals surface area (Å²) in [5.74, 6) is -0.0220. The summed E-state index contributed by atoms with van der Waals surface area (Å²) in [7, 11) is 0. The normalized spacial score (nSPS) is 16.3. The van der Waals surface area contributed by atoms with Gasteiger partial charge in [0, 0.05) is 31.7 Å². The zero-order valence-corrected chi connectivity index (χ0v) is 12.5. The number of H-pyrrole nitrogens is 1. The lowest BCUT2D eigenvalue weighted by Gasteiger charge is -2.31. The Bertz CT molecular complexity index is 632. The Morgan fingerprint density at radius 1 is 1.36 bits per heavy atom. The van der Waals surface area contributed by atoms with Gasteiger partial charge in [-0.05, 0) is 25.3 Å². The van der Waals surface area contributed by atoms with E-state index in [9.17, 15) is 4.79 Å². The molecule has 2 aromatic rings. The van der Waals surface area contributed by atoms with Crippen LogP contribution in [0.2, 0.25) is 0 Å². The van der Waals surface area contributed by atoms with Crippen molar-refractivity contribution in [1.29, 1.82) is 0 Å². The number of aliphatic hydroxyl groups is 1. The van der Waals surface area contributed by atoms with Crippen molar-refractivity contribution in [3.63, 3.8) is 0 Å². The van der Waals surface area contributed by atoms with E-state index in [0.29, 0.717) is 31.8 Å². The maximum Gasteiger partial charge on any atom is 0.274 e. The van der Waals surface area contributed by atoms with Gasteiger partial charge in [0.1, 0.15) is 0 Å². The molecule has 0 atom stereocenters. The number of aromatic nitrogens is 2. The molecule has 118 valence electrons. The number of amides is 1. The second kappa shape index (κ2) is 6.89. The number of carbonyl (C=O) groups is 1. The van der Waals surface area contributed by atoms with Crippen LogP contribution in [0.4, 0.5) is 0 Å². The van der Waals surface area contributed by atoms with E-state index in [1.54, 1.807) is 0 Å². The van der Waals surface area contributed by atoms with Crippen molar-refractivity contribution in [1.82, 2.24) is 15.1 Å². The summed E-state index contributed by atoms with van der Waals surface area (Å²) in [6.45, 7) is 2.11. The molecule has 1 aromatic carbocycles. The van der Waals surface area contributed by atoms with Gasteiger partial charge in [-0.25, -0.2) is 0 Å². The molecule has 0 spiro atoms. The number of aliphatic hydroxyl groups excluding tert-OH is 1. The molecule has 1 aromatic heterocycles. The molecule has 0 bridgehead atoms. The Morgan fingerprint density at radius 3 is 2.91 bits per heavy atom. The molecule has 22 heavy (non-hydrogen) atoms. The van der Waals surface area contributed by atoms with Crippen LogP contribution in [0.5, 0.6) is 0 Å². The summed E-state index contributed by atoms with van der Waals surface area (Å²) >= 11 is 0. The highest BCUT2D eigenvalue weighted by molar-refractivity contribution is 6.04. The first kappa shape index (κ1) is 15.0. The molecule has 0 saturated carbocycles. The fraction of sp³-hybridized carbons (Fsp3) is 0.500. The fourth-order valence-electron chi connectivity index (χ4n) is 2.82. The van der Waals surface area contributed by atoms with Crippen molar-refractivity contribution < 1.29 is 14.6 Å². The SMILES string of the molecule is O=C(c1n[nH]c2ccccc12)N1CCC(OCCCO)CC1. The second-order valence-corrected chi connectivity index (χ2v) is 5.56. The van der Waals surface area contributed by atoms with Gasteiger partial charge in [0.25, 0.3) is 5.91 Å². The van der Waals surface area contributed by atoms with Crippen molar-refractivity contribution in [2.75, 3.05) is 26.3 Å². The van der Waals surface area contributed by atoms with Crippen molar-refractivity contribution in [3.8, 4) is 0 Å². The summed E-state index contributed by atoms with van der Waals surface area (Å²) in [6, 6.07) is 7.66. The number of ether oxygens (including phenoxy) is 1. The molecule has 1 aliphatic rings. The van der Waals surface area contributed by atoms with Crippen molar-refractivity contribution in [2.24, 2.45) is 0 Å². The topological polar surface area (TPSA) is 78.5 Å². The number of fused-ring (bicyclic) bond motifs is 1. The maximum absolute atomic E-state index is 12.6. The van der Waals surface area contributed by atoms with Gasteiger partial charge in [-0.2, -0.15) is 5.10 Å². The van der Waals surface area contributed by atoms with E-state index < -0.39 is 0 Å². The Balaban J connectivity index is 1.60. The molecular weight excluding hydrogens is 282 g/mol. The molecule has 1 aliphatic heterocycles. The van der Waals surface area contributed by atoms with Crippen LogP contribution < -0.4 is 0 Å². The Labute approximate surface area is 129 Å². The molecule has 0 radical (unpaired) electrons. The molecule has 6 nitrogen and oxygen atoms in total. The van der Waals surface area contributed by atoms with Crippen LogP contribution in [0, 0.1) is 0 Å². The maximum atomic E-state index is 12.6. The number of piperidine rings is 1. The number of rotatable bonds is 5. The highest BCUT2D eigenvalue weighted by atomic mass is 16.5. The van der Waals surface area contributed by atoms with E-state index in [4.69, 9.17) is 9.84 Å². The summed E-state index contributed by atoms with van der Waals surface area (Å²) in [5.41, 5.74) is 1.38. The lowest BCUT2D eigenvalue weighted by Crippen LogP contribution is -2.41. The highest BCUT2D eigenvalue weighted by Crippen LogP contribution is 2.20. The lowest BCUT2D eigenvalue weighted by molar-refractivity contribution is 0.00388. The molecule has 0 unspecified atom stereocenters. The van der Waals surface area contributed by atoms with Crippen molar-refractivity contribution >= 4 is 16.8 Å². The minimum absolute atomic E-state index is 0.0220. The highest BCUT2D eigenvalue weighted by Gasteiger charge is 2.26.